The summed E-state index contributed by atoms with van der Waals surface area (Å²) in [7, 11) is 1.87. The van der Waals surface area contributed by atoms with Crippen molar-refractivity contribution in [1.82, 2.24) is 5.32 Å². The second-order valence-electron chi connectivity index (χ2n) is 5.75. The summed E-state index contributed by atoms with van der Waals surface area (Å²) in [5.74, 6) is 0.952. The van der Waals surface area contributed by atoms with Crippen molar-refractivity contribution in [1.29, 1.82) is 0 Å². The van der Waals surface area contributed by atoms with Gasteiger partial charge in [-0.25, -0.2) is 0 Å². The molecule has 0 aromatic carbocycles. The third-order valence-corrected chi connectivity index (χ3v) is 5.18. The fourth-order valence-corrected chi connectivity index (χ4v) is 3.56. The van der Waals surface area contributed by atoms with E-state index < -0.39 is 0 Å². The molecule has 0 amide bonds. The Balaban J connectivity index is 1.94. The summed E-state index contributed by atoms with van der Waals surface area (Å²) in [5, 5.41) is 3.86. The van der Waals surface area contributed by atoms with Crippen LogP contribution in [0.4, 0.5) is 0 Å². The maximum Gasteiger partial charge on any atom is 0.0657 e. The highest BCUT2D eigenvalue weighted by Crippen LogP contribution is 2.49. The third kappa shape index (κ3) is 1.91. The SMILES string of the molecule is CCC1(CC)C(NC(C)C2CC2)CC1OC. The Bertz CT molecular complexity index is 233. The standard InChI is InChI=1S/C14H27NO/c1-5-14(6-2)12(9-13(14)16-4)15-10(3)11-7-8-11/h10-13,15H,5-9H2,1-4H3. The summed E-state index contributed by atoms with van der Waals surface area (Å²) >= 11 is 0. The zero-order chi connectivity index (χ0) is 11.8. The van der Waals surface area contributed by atoms with Crippen LogP contribution in [0.5, 0.6) is 0 Å². The molecule has 0 heterocycles. The van der Waals surface area contributed by atoms with Crippen molar-refractivity contribution < 1.29 is 4.74 Å². The van der Waals surface area contributed by atoms with Crippen LogP contribution in [0.25, 0.3) is 0 Å². The molecule has 2 aliphatic carbocycles. The van der Waals surface area contributed by atoms with E-state index in [1.807, 2.05) is 7.11 Å². The van der Waals surface area contributed by atoms with Gasteiger partial charge in [0.05, 0.1) is 6.10 Å². The van der Waals surface area contributed by atoms with Gasteiger partial charge in [-0.3, -0.25) is 0 Å². The zero-order valence-electron chi connectivity index (χ0n) is 11.3. The summed E-state index contributed by atoms with van der Waals surface area (Å²) in [4.78, 5) is 0. The minimum Gasteiger partial charge on any atom is -0.381 e. The lowest BCUT2D eigenvalue weighted by atomic mass is 9.58. The minimum atomic E-state index is 0.401. The molecule has 16 heavy (non-hydrogen) atoms. The molecule has 0 radical (unpaired) electrons. The van der Waals surface area contributed by atoms with Crippen molar-refractivity contribution >= 4 is 0 Å². The highest BCUT2D eigenvalue weighted by Gasteiger charge is 2.53. The molecule has 0 aliphatic heterocycles. The zero-order valence-corrected chi connectivity index (χ0v) is 11.3. The van der Waals surface area contributed by atoms with Crippen LogP contribution in [-0.4, -0.2) is 25.3 Å². The van der Waals surface area contributed by atoms with Crippen molar-refractivity contribution in [2.75, 3.05) is 7.11 Å². The smallest absolute Gasteiger partial charge is 0.0657 e. The topological polar surface area (TPSA) is 21.3 Å². The molecule has 2 saturated carbocycles. The molecule has 3 atom stereocenters. The highest BCUT2D eigenvalue weighted by atomic mass is 16.5. The number of ether oxygens (including phenoxy) is 1. The molecule has 0 aromatic rings. The van der Waals surface area contributed by atoms with E-state index in [-0.39, 0.29) is 0 Å². The number of hydrogen-bond acceptors (Lipinski definition) is 2. The van der Waals surface area contributed by atoms with E-state index in [1.165, 1.54) is 32.1 Å². The van der Waals surface area contributed by atoms with Crippen LogP contribution in [0.3, 0.4) is 0 Å². The van der Waals surface area contributed by atoms with E-state index in [2.05, 4.69) is 26.1 Å². The van der Waals surface area contributed by atoms with Gasteiger partial charge in [-0.15, -0.1) is 0 Å². The Morgan fingerprint density at radius 3 is 2.38 bits per heavy atom. The van der Waals surface area contributed by atoms with Gasteiger partial charge >= 0.3 is 0 Å². The summed E-state index contributed by atoms with van der Waals surface area (Å²) in [6, 6.07) is 1.39. The maximum absolute atomic E-state index is 5.63. The number of hydrogen-bond donors (Lipinski definition) is 1. The van der Waals surface area contributed by atoms with E-state index >= 15 is 0 Å². The Morgan fingerprint density at radius 2 is 1.94 bits per heavy atom. The fraction of sp³-hybridized carbons (Fsp3) is 1.00. The molecule has 2 nitrogen and oxygen atoms in total. The number of methoxy groups -OCH3 is 1. The molecule has 0 saturated heterocycles. The van der Waals surface area contributed by atoms with Crippen molar-refractivity contribution in [3.8, 4) is 0 Å². The largest absolute Gasteiger partial charge is 0.381 e. The summed E-state index contributed by atoms with van der Waals surface area (Å²) < 4.78 is 5.63. The third-order valence-electron chi connectivity index (χ3n) is 5.18. The van der Waals surface area contributed by atoms with Gasteiger partial charge in [-0.05, 0) is 44.9 Å². The van der Waals surface area contributed by atoms with Crippen LogP contribution in [0.1, 0.15) is 52.9 Å². The van der Waals surface area contributed by atoms with E-state index in [0.29, 0.717) is 23.6 Å². The first-order valence-electron chi connectivity index (χ1n) is 6.96. The second kappa shape index (κ2) is 4.66. The lowest BCUT2D eigenvalue weighted by molar-refractivity contribution is -0.126. The van der Waals surface area contributed by atoms with E-state index in [0.717, 1.165) is 5.92 Å². The number of rotatable bonds is 6. The predicted molar refractivity (Wildman–Crippen MR) is 67.5 cm³/mol. The van der Waals surface area contributed by atoms with E-state index in [1.54, 1.807) is 0 Å². The van der Waals surface area contributed by atoms with Crippen molar-refractivity contribution in [3.05, 3.63) is 0 Å². The highest BCUT2D eigenvalue weighted by molar-refractivity contribution is 5.07. The Morgan fingerprint density at radius 1 is 1.31 bits per heavy atom. The lowest BCUT2D eigenvalue weighted by Gasteiger charge is -2.56. The average molecular weight is 225 g/mol. The number of nitrogens with one attached hydrogen (secondary N) is 1. The van der Waals surface area contributed by atoms with Gasteiger partial charge < -0.3 is 10.1 Å². The van der Waals surface area contributed by atoms with Crippen LogP contribution < -0.4 is 5.32 Å². The van der Waals surface area contributed by atoms with Gasteiger partial charge in [0.25, 0.3) is 0 Å². The average Bonchev–Trinajstić information content (AvgIpc) is 3.09. The van der Waals surface area contributed by atoms with Gasteiger partial charge in [0.15, 0.2) is 0 Å². The first kappa shape index (κ1) is 12.4. The first-order valence-corrected chi connectivity index (χ1v) is 6.96. The monoisotopic (exact) mass is 225 g/mol. The fourth-order valence-electron chi connectivity index (χ4n) is 3.56. The van der Waals surface area contributed by atoms with Crippen molar-refractivity contribution in [2.45, 2.75) is 71.1 Å². The van der Waals surface area contributed by atoms with Crippen LogP contribution in [0, 0.1) is 11.3 Å². The molecule has 0 spiro atoms. The quantitative estimate of drug-likeness (QED) is 0.750. The Kier molecular flexibility index (Phi) is 3.60. The molecule has 1 N–H and O–H groups in total. The van der Waals surface area contributed by atoms with Gasteiger partial charge in [-0.1, -0.05) is 13.8 Å². The maximum atomic E-state index is 5.63. The second-order valence-corrected chi connectivity index (χ2v) is 5.75. The molecule has 0 bridgehead atoms. The summed E-state index contributed by atoms with van der Waals surface area (Å²) in [6.07, 6.45) is 7.01. The van der Waals surface area contributed by atoms with Crippen LogP contribution in [0.15, 0.2) is 0 Å². The molecule has 3 unspecified atom stereocenters. The predicted octanol–water partition coefficient (Wildman–Crippen LogP) is 2.97. The van der Waals surface area contributed by atoms with Gasteiger partial charge in [0.1, 0.15) is 0 Å². The molecule has 2 rings (SSSR count). The lowest BCUT2D eigenvalue weighted by Crippen LogP contribution is -2.64. The minimum absolute atomic E-state index is 0.401. The van der Waals surface area contributed by atoms with Crippen molar-refractivity contribution in [3.63, 3.8) is 0 Å². The van der Waals surface area contributed by atoms with Gasteiger partial charge in [0.2, 0.25) is 0 Å². The Hall–Kier alpha value is -0.0800. The van der Waals surface area contributed by atoms with Gasteiger partial charge in [-0.2, -0.15) is 0 Å². The molecule has 2 heteroatoms. The molecular weight excluding hydrogens is 198 g/mol. The van der Waals surface area contributed by atoms with Crippen molar-refractivity contribution in [2.24, 2.45) is 11.3 Å². The molecule has 0 aromatic heterocycles. The summed E-state index contributed by atoms with van der Waals surface area (Å²) in [5.41, 5.74) is 0.401. The molecule has 2 aliphatic rings. The van der Waals surface area contributed by atoms with E-state index in [4.69, 9.17) is 4.74 Å². The molecule has 2 fully saturated rings. The van der Waals surface area contributed by atoms with E-state index in [9.17, 15) is 0 Å². The first-order chi connectivity index (χ1) is 7.67. The van der Waals surface area contributed by atoms with Gasteiger partial charge in [0, 0.05) is 24.6 Å². The normalized spacial score (nSPS) is 34.5. The summed E-state index contributed by atoms with van der Waals surface area (Å²) in [6.45, 7) is 6.98. The molecular formula is C14H27NO. The molecule has 94 valence electrons. The van der Waals surface area contributed by atoms with Crippen LogP contribution in [-0.2, 0) is 4.74 Å². The Labute approximate surface area is 100 Å². The van der Waals surface area contributed by atoms with Crippen LogP contribution in [0.2, 0.25) is 0 Å². The van der Waals surface area contributed by atoms with Crippen LogP contribution >= 0.6 is 0 Å².